The van der Waals surface area contributed by atoms with Crippen molar-refractivity contribution < 1.29 is 24.0 Å². The largest absolute Gasteiger partial charge is 0.494 e. The van der Waals surface area contributed by atoms with Crippen LogP contribution in [0.5, 0.6) is 17.2 Å². The molecule has 2 aliphatic rings. The van der Waals surface area contributed by atoms with Crippen molar-refractivity contribution in [2.45, 2.75) is 33.4 Å². The normalized spacial score (nSPS) is 19.7. The van der Waals surface area contributed by atoms with Crippen LogP contribution in [0, 0.1) is 6.92 Å². The third-order valence-electron chi connectivity index (χ3n) is 6.74. The molecule has 5 rings (SSSR count). The highest BCUT2D eigenvalue weighted by molar-refractivity contribution is 5.81. The molecule has 1 fully saturated rings. The van der Waals surface area contributed by atoms with Gasteiger partial charge in [0.25, 0.3) is 0 Å². The van der Waals surface area contributed by atoms with E-state index in [1.807, 2.05) is 31.2 Å². The number of hydrogen-bond donors (Lipinski definition) is 3. The van der Waals surface area contributed by atoms with Gasteiger partial charge in [0, 0.05) is 22.2 Å². The number of benzene rings is 2. The van der Waals surface area contributed by atoms with Crippen LogP contribution in [0.3, 0.4) is 0 Å². The number of fused-ring (bicyclic) bond motifs is 2. The molecule has 3 heterocycles. The molecule has 7 heteroatoms. The molecule has 2 aromatic carbocycles. The van der Waals surface area contributed by atoms with Crippen LogP contribution < -0.4 is 29.4 Å². The Bertz CT molecular complexity index is 1200. The van der Waals surface area contributed by atoms with Crippen LogP contribution in [0.4, 0.5) is 0 Å². The first-order chi connectivity index (χ1) is 16.1. The van der Waals surface area contributed by atoms with Gasteiger partial charge in [0.15, 0.2) is 16.9 Å². The number of rotatable bonds is 7. The van der Waals surface area contributed by atoms with Gasteiger partial charge >= 0.3 is 0 Å². The van der Waals surface area contributed by atoms with E-state index in [2.05, 4.69) is 24.0 Å². The number of ether oxygens (including phenoxy) is 3. The quantitative estimate of drug-likeness (QED) is 0.498. The molecule has 0 spiro atoms. The van der Waals surface area contributed by atoms with E-state index in [1.165, 1.54) is 10.5 Å². The average molecular weight is 452 g/mol. The average Bonchev–Trinajstić information content (AvgIpc) is 3.30. The standard InChI is InChI=1S/C26H31N3O4/c1-3-12-31-20-5-6-23-21(14-20)26(30)22(18(2)27-23)16-29-10-8-28(9-11-29)15-19-4-7-24-25(13-19)33-17-32-24/h4-7,13-14H,3,8-12,15-17H2,1-2H3,(H,27,30)/p+2. The van der Waals surface area contributed by atoms with Crippen molar-refractivity contribution in [3.63, 3.8) is 0 Å². The first-order valence-corrected chi connectivity index (χ1v) is 11.9. The minimum absolute atomic E-state index is 0.130. The molecule has 2 aliphatic heterocycles. The first-order valence-electron chi connectivity index (χ1n) is 11.9. The number of H-pyrrole nitrogens is 1. The molecule has 33 heavy (non-hydrogen) atoms. The van der Waals surface area contributed by atoms with Gasteiger partial charge in [-0.1, -0.05) is 6.92 Å². The van der Waals surface area contributed by atoms with E-state index in [9.17, 15) is 4.79 Å². The summed E-state index contributed by atoms with van der Waals surface area (Å²) in [5, 5.41) is 0.718. The summed E-state index contributed by atoms with van der Waals surface area (Å²) in [5.74, 6) is 2.45. The monoisotopic (exact) mass is 451 g/mol. The van der Waals surface area contributed by atoms with Crippen LogP contribution in [0.1, 0.15) is 30.2 Å². The number of quaternary nitrogens is 2. The first kappa shape index (κ1) is 21.8. The minimum atomic E-state index is 0.130. The molecule has 1 aromatic heterocycles. The Balaban J connectivity index is 1.24. The maximum Gasteiger partial charge on any atom is 0.231 e. The molecule has 0 bridgehead atoms. The van der Waals surface area contributed by atoms with Crippen molar-refractivity contribution >= 4 is 10.9 Å². The molecule has 3 N–H and O–H groups in total. The molecule has 3 aromatic rings. The number of piperazine rings is 1. The second-order valence-electron chi connectivity index (χ2n) is 9.15. The second-order valence-corrected chi connectivity index (χ2v) is 9.15. The molecule has 0 aliphatic carbocycles. The van der Waals surface area contributed by atoms with E-state index in [4.69, 9.17) is 14.2 Å². The van der Waals surface area contributed by atoms with Gasteiger partial charge in [-0.3, -0.25) is 4.79 Å². The Labute approximate surface area is 193 Å². The fourth-order valence-corrected chi connectivity index (χ4v) is 4.85. The SMILES string of the molecule is CCCOc1ccc2[nH]c(C)c(C[NH+]3CC[NH+](Cc4ccc5c(c4)OCO5)CC3)c(=O)c2c1. The van der Waals surface area contributed by atoms with Crippen molar-refractivity contribution in [3.8, 4) is 17.2 Å². The smallest absolute Gasteiger partial charge is 0.231 e. The Kier molecular flexibility index (Phi) is 6.24. The number of aromatic amines is 1. The zero-order valence-corrected chi connectivity index (χ0v) is 19.5. The number of hydrogen-bond acceptors (Lipinski definition) is 4. The molecule has 7 nitrogen and oxygen atoms in total. The van der Waals surface area contributed by atoms with Gasteiger partial charge in [-0.15, -0.1) is 0 Å². The van der Waals surface area contributed by atoms with Crippen molar-refractivity contribution in [2.24, 2.45) is 0 Å². The van der Waals surface area contributed by atoms with Crippen molar-refractivity contribution in [2.75, 3.05) is 39.6 Å². The van der Waals surface area contributed by atoms with Crippen molar-refractivity contribution in [3.05, 3.63) is 63.4 Å². The van der Waals surface area contributed by atoms with Gasteiger partial charge in [0.2, 0.25) is 6.79 Å². The summed E-state index contributed by atoms with van der Waals surface area (Å²) >= 11 is 0. The van der Waals surface area contributed by atoms with Gasteiger partial charge in [-0.05, 0) is 49.7 Å². The van der Waals surface area contributed by atoms with Gasteiger partial charge in [0.05, 0.1) is 12.2 Å². The molecule has 0 radical (unpaired) electrons. The van der Waals surface area contributed by atoms with Gasteiger partial charge in [0.1, 0.15) is 45.0 Å². The third-order valence-corrected chi connectivity index (χ3v) is 6.74. The maximum atomic E-state index is 13.3. The van der Waals surface area contributed by atoms with E-state index in [0.717, 1.165) is 85.1 Å². The number of aromatic nitrogens is 1. The fraction of sp³-hybridized carbons (Fsp3) is 0.423. The predicted octanol–water partition coefficient (Wildman–Crippen LogP) is 0.838. The lowest BCUT2D eigenvalue weighted by molar-refractivity contribution is -1.02. The maximum absolute atomic E-state index is 13.3. The van der Waals surface area contributed by atoms with Crippen LogP contribution >= 0.6 is 0 Å². The van der Waals surface area contributed by atoms with Crippen LogP contribution in [0.2, 0.25) is 0 Å². The lowest BCUT2D eigenvalue weighted by atomic mass is 10.1. The summed E-state index contributed by atoms with van der Waals surface area (Å²) in [7, 11) is 0. The van der Waals surface area contributed by atoms with Gasteiger partial charge in [-0.25, -0.2) is 0 Å². The Morgan fingerprint density at radius 3 is 2.52 bits per heavy atom. The van der Waals surface area contributed by atoms with E-state index in [0.29, 0.717) is 13.4 Å². The summed E-state index contributed by atoms with van der Waals surface area (Å²) in [6.45, 7) is 11.1. The molecule has 174 valence electrons. The van der Waals surface area contributed by atoms with Crippen molar-refractivity contribution in [1.29, 1.82) is 0 Å². The summed E-state index contributed by atoms with van der Waals surface area (Å²) in [6.07, 6.45) is 0.944. The lowest BCUT2D eigenvalue weighted by Crippen LogP contribution is -3.27. The zero-order valence-electron chi connectivity index (χ0n) is 19.5. The van der Waals surface area contributed by atoms with Gasteiger partial charge < -0.3 is 29.0 Å². The van der Waals surface area contributed by atoms with E-state index >= 15 is 0 Å². The molecule has 0 amide bonds. The minimum Gasteiger partial charge on any atom is -0.494 e. The van der Waals surface area contributed by atoms with Crippen LogP contribution in [0.25, 0.3) is 10.9 Å². The summed E-state index contributed by atoms with van der Waals surface area (Å²) in [4.78, 5) is 19.8. The van der Waals surface area contributed by atoms with Crippen LogP contribution in [0.15, 0.2) is 41.2 Å². The predicted molar refractivity (Wildman–Crippen MR) is 126 cm³/mol. The summed E-state index contributed by atoms with van der Waals surface area (Å²) in [5.41, 5.74) is 4.14. The number of aryl methyl sites for hydroxylation is 1. The van der Waals surface area contributed by atoms with E-state index in [1.54, 1.807) is 4.90 Å². The van der Waals surface area contributed by atoms with E-state index in [-0.39, 0.29) is 5.43 Å². The second kappa shape index (κ2) is 9.45. The number of pyridine rings is 1. The Hall–Kier alpha value is -3.03. The fourth-order valence-electron chi connectivity index (χ4n) is 4.85. The molecular weight excluding hydrogens is 418 g/mol. The van der Waals surface area contributed by atoms with E-state index < -0.39 is 0 Å². The summed E-state index contributed by atoms with van der Waals surface area (Å²) in [6, 6.07) is 12.0. The Morgan fingerprint density at radius 2 is 1.73 bits per heavy atom. The van der Waals surface area contributed by atoms with Gasteiger partial charge in [-0.2, -0.15) is 0 Å². The highest BCUT2D eigenvalue weighted by Crippen LogP contribution is 2.32. The lowest BCUT2D eigenvalue weighted by Gasteiger charge is -2.30. The highest BCUT2D eigenvalue weighted by Gasteiger charge is 2.26. The highest BCUT2D eigenvalue weighted by atomic mass is 16.7. The molecule has 0 atom stereocenters. The van der Waals surface area contributed by atoms with Crippen molar-refractivity contribution in [1.82, 2.24) is 4.98 Å². The molecule has 0 unspecified atom stereocenters. The number of nitrogens with one attached hydrogen (secondary N) is 3. The Morgan fingerprint density at radius 1 is 0.970 bits per heavy atom. The molecular formula is C26H33N3O4+2. The third kappa shape index (κ3) is 4.70. The van der Waals surface area contributed by atoms with Crippen LogP contribution in [-0.4, -0.2) is 44.6 Å². The topological polar surface area (TPSA) is 69.4 Å². The molecule has 0 saturated carbocycles. The molecule has 1 saturated heterocycles. The summed E-state index contributed by atoms with van der Waals surface area (Å²) < 4.78 is 16.7. The van der Waals surface area contributed by atoms with Crippen LogP contribution in [-0.2, 0) is 13.1 Å². The zero-order chi connectivity index (χ0) is 22.8.